The number of hydrogen-bond acceptors (Lipinski definition) is 2. The average molecular weight is 300 g/mol. The smallest absolute Gasteiger partial charge is 0.105 e. The maximum Gasteiger partial charge on any atom is 0.105 e. The van der Waals surface area contributed by atoms with Gasteiger partial charge in [0, 0.05) is 9.65 Å². The summed E-state index contributed by atoms with van der Waals surface area (Å²) in [6, 6.07) is 0. The lowest BCUT2D eigenvalue weighted by atomic mass is 9.97. The zero-order valence-electron chi connectivity index (χ0n) is 6.71. The Morgan fingerprint density at radius 2 is 1.17 bits per heavy atom. The molecule has 0 amide bonds. The van der Waals surface area contributed by atoms with E-state index in [-0.39, 0.29) is 12.2 Å². The summed E-state index contributed by atoms with van der Waals surface area (Å²) in [6.45, 7) is 0. The molecule has 2 aliphatic rings. The lowest BCUT2D eigenvalue weighted by Gasteiger charge is -2.19. The van der Waals surface area contributed by atoms with Crippen molar-refractivity contribution in [3.05, 3.63) is 0 Å². The predicted molar refractivity (Wildman–Crippen MR) is 53.6 cm³/mol. The fraction of sp³-hybridized carbons (Fsp3) is 1.00. The second kappa shape index (κ2) is 3.95. The maximum atomic E-state index is 5.33. The molecule has 2 bridgehead atoms. The molecule has 2 aliphatic heterocycles. The Morgan fingerprint density at radius 1 is 0.750 bits per heavy atom. The van der Waals surface area contributed by atoms with Gasteiger partial charge in [-0.25, -0.2) is 9.78 Å². The molecule has 2 rings (SSSR count). The molecule has 0 aromatic rings. The van der Waals surface area contributed by atoms with Crippen molar-refractivity contribution in [3.63, 3.8) is 0 Å². The SMILES string of the molecule is BrC1CCC2OOC1CCC2Br. The summed E-state index contributed by atoms with van der Waals surface area (Å²) in [6.07, 6.45) is 4.97. The normalized spacial score (nSPS) is 48.5. The summed E-state index contributed by atoms with van der Waals surface area (Å²) in [5, 5.41) is 0. The van der Waals surface area contributed by atoms with Gasteiger partial charge in [0.1, 0.15) is 12.2 Å². The summed E-state index contributed by atoms with van der Waals surface area (Å²) in [5.74, 6) is 0. The van der Waals surface area contributed by atoms with E-state index in [2.05, 4.69) is 31.9 Å². The molecule has 0 radical (unpaired) electrons. The molecular formula is C8H12Br2O2. The Kier molecular flexibility index (Phi) is 3.10. The first-order valence-electron chi connectivity index (χ1n) is 4.37. The third kappa shape index (κ3) is 1.86. The molecule has 0 aromatic heterocycles. The highest BCUT2D eigenvalue weighted by Crippen LogP contribution is 2.34. The molecule has 0 N–H and O–H groups in total. The minimum atomic E-state index is 0.248. The van der Waals surface area contributed by atoms with Crippen molar-refractivity contribution in [1.29, 1.82) is 0 Å². The Labute approximate surface area is 89.2 Å². The van der Waals surface area contributed by atoms with Crippen LogP contribution in [0.3, 0.4) is 0 Å². The fourth-order valence-corrected chi connectivity index (χ4v) is 2.97. The minimum Gasteiger partial charge on any atom is -0.232 e. The summed E-state index contributed by atoms with van der Waals surface area (Å²) in [5.41, 5.74) is 0. The van der Waals surface area contributed by atoms with Crippen LogP contribution in [0.15, 0.2) is 0 Å². The first-order valence-corrected chi connectivity index (χ1v) is 6.21. The van der Waals surface area contributed by atoms with Crippen molar-refractivity contribution in [2.45, 2.75) is 47.5 Å². The molecule has 4 heteroatoms. The van der Waals surface area contributed by atoms with E-state index in [4.69, 9.17) is 9.78 Å². The summed E-state index contributed by atoms with van der Waals surface area (Å²) in [7, 11) is 0. The average Bonchev–Trinajstić information content (AvgIpc) is 2.33. The van der Waals surface area contributed by atoms with Crippen LogP contribution in [-0.2, 0) is 9.78 Å². The van der Waals surface area contributed by atoms with Gasteiger partial charge in [-0.1, -0.05) is 31.9 Å². The standard InChI is InChI=1S/C8H12Br2O2/c9-5-1-3-7-6(10)2-4-8(5)12-11-7/h5-8H,1-4H2. The van der Waals surface area contributed by atoms with Gasteiger partial charge in [0.25, 0.3) is 0 Å². The van der Waals surface area contributed by atoms with E-state index in [0.717, 1.165) is 25.7 Å². The molecule has 0 saturated carbocycles. The molecule has 0 aliphatic carbocycles. The monoisotopic (exact) mass is 298 g/mol. The van der Waals surface area contributed by atoms with Crippen LogP contribution in [0.4, 0.5) is 0 Å². The van der Waals surface area contributed by atoms with Gasteiger partial charge in [0.05, 0.1) is 0 Å². The Balaban J connectivity index is 2.09. The summed E-state index contributed by atoms with van der Waals surface area (Å²) >= 11 is 7.25. The summed E-state index contributed by atoms with van der Waals surface area (Å²) < 4.78 is 0. The van der Waals surface area contributed by atoms with Gasteiger partial charge in [-0.3, -0.25) is 0 Å². The van der Waals surface area contributed by atoms with Crippen molar-refractivity contribution in [1.82, 2.24) is 0 Å². The maximum absolute atomic E-state index is 5.33. The predicted octanol–water partition coefficient (Wildman–Crippen LogP) is 2.79. The third-order valence-electron chi connectivity index (χ3n) is 2.56. The number of fused-ring (bicyclic) bond motifs is 3. The molecule has 12 heavy (non-hydrogen) atoms. The zero-order chi connectivity index (χ0) is 8.55. The molecular weight excluding hydrogens is 288 g/mol. The molecule has 4 unspecified atom stereocenters. The molecule has 4 atom stereocenters. The third-order valence-corrected chi connectivity index (χ3v) is 4.66. The first kappa shape index (κ1) is 9.44. The van der Waals surface area contributed by atoms with Crippen molar-refractivity contribution in [2.75, 3.05) is 0 Å². The Morgan fingerprint density at radius 3 is 1.58 bits per heavy atom. The van der Waals surface area contributed by atoms with Gasteiger partial charge < -0.3 is 0 Å². The van der Waals surface area contributed by atoms with Crippen LogP contribution in [0.2, 0.25) is 0 Å². The highest BCUT2D eigenvalue weighted by molar-refractivity contribution is 9.09. The quantitative estimate of drug-likeness (QED) is 0.506. The second-order valence-corrected chi connectivity index (χ2v) is 5.81. The molecule has 0 spiro atoms. The highest BCUT2D eigenvalue weighted by Gasteiger charge is 2.35. The van der Waals surface area contributed by atoms with Crippen molar-refractivity contribution in [3.8, 4) is 0 Å². The van der Waals surface area contributed by atoms with E-state index >= 15 is 0 Å². The first-order chi connectivity index (χ1) is 5.77. The van der Waals surface area contributed by atoms with Crippen molar-refractivity contribution < 1.29 is 9.78 Å². The molecule has 70 valence electrons. The van der Waals surface area contributed by atoms with Gasteiger partial charge in [-0.05, 0) is 25.7 Å². The minimum absolute atomic E-state index is 0.248. The lowest BCUT2D eigenvalue weighted by Crippen LogP contribution is -2.24. The Hall–Kier alpha value is 0.880. The van der Waals surface area contributed by atoms with Crippen LogP contribution >= 0.6 is 31.9 Å². The highest BCUT2D eigenvalue weighted by atomic mass is 79.9. The topological polar surface area (TPSA) is 18.5 Å². The van der Waals surface area contributed by atoms with E-state index in [1.54, 1.807) is 0 Å². The molecule has 2 fully saturated rings. The molecule has 2 nitrogen and oxygen atoms in total. The number of halogens is 2. The van der Waals surface area contributed by atoms with E-state index in [9.17, 15) is 0 Å². The Bertz CT molecular complexity index is 143. The van der Waals surface area contributed by atoms with Crippen LogP contribution in [0.25, 0.3) is 0 Å². The van der Waals surface area contributed by atoms with E-state index in [0.29, 0.717) is 9.65 Å². The second-order valence-electron chi connectivity index (χ2n) is 3.46. The van der Waals surface area contributed by atoms with Gasteiger partial charge in [-0.15, -0.1) is 0 Å². The molecule has 2 heterocycles. The largest absolute Gasteiger partial charge is 0.232 e. The van der Waals surface area contributed by atoms with Gasteiger partial charge in [-0.2, -0.15) is 0 Å². The van der Waals surface area contributed by atoms with Crippen molar-refractivity contribution >= 4 is 31.9 Å². The summed E-state index contributed by atoms with van der Waals surface area (Å²) in [4.78, 5) is 11.6. The van der Waals surface area contributed by atoms with Crippen LogP contribution in [-0.4, -0.2) is 21.9 Å². The zero-order valence-corrected chi connectivity index (χ0v) is 9.88. The lowest BCUT2D eigenvalue weighted by molar-refractivity contribution is -0.335. The fourth-order valence-electron chi connectivity index (χ4n) is 1.74. The van der Waals surface area contributed by atoms with Crippen LogP contribution < -0.4 is 0 Å². The van der Waals surface area contributed by atoms with Gasteiger partial charge in [0.15, 0.2) is 0 Å². The number of rotatable bonds is 0. The molecule has 2 saturated heterocycles. The van der Waals surface area contributed by atoms with E-state index < -0.39 is 0 Å². The van der Waals surface area contributed by atoms with Crippen LogP contribution in [0.1, 0.15) is 25.7 Å². The van der Waals surface area contributed by atoms with Crippen LogP contribution in [0, 0.1) is 0 Å². The molecule has 0 aromatic carbocycles. The van der Waals surface area contributed by atoms with Gasteiger partial charge in [0.2, 0.25) is 0 Å². The van der Waals surface area contributed by atoms with E-state index in [1.165, 1.54) is 0 Å². The van der Waals surface area contributed by atoms with E-state index in [1.807, 2.05) is 0 Å². The number of alkyl halides is 2. The van der Waals surface area contributed by atoms with Crippen molar-refractivity contribution in [2.24, 2.45) is 0 Å². The number of hydrogen-bond donors (Lipinski definition) is 0. The van der Waals surface area contributed by atoms with Crippen LogP contribution in [0.5, 0.6) is 0 Å². The van der Waals surface area contributed by atoms with Gasteiger partial charge >= 0.3 is 0 Å².